The lowest BCUT2D eigenvalue weighted by Crippen LogP contribution is -2.28. The van der Waals surface area contributed by atoms with Crippen molar-refractivity contribution in [2.24, 2.45) is 5.92 Å². The zero-order valence-electron chi connectivity index (χ0n) is 8.34. The van der Waals surface area contributed by atoms with Gasteiger partial charge in [-0.25, -0.2) is 9.59 Å². The molecule has 0 spiro atoms. The van der Waals surface area contributed by atoms with E-state index in [0.717, 1.165) is 31.1 Å². The van der Waals surface area contributed by atoms with Crippen LogP contribution in [0.4, 0.5) is 0 Å². The molecular formula is C10H11NO5. The van der Waals surface area contributed by atoms with E-state index < -0.39 is 11.9 Å². The molecule has 16 heavy (non-hydrogen) atoms. The molecule has 0 saturated heterocycles. The van der Waals surface area contributed by atoms with Crippen molar-refractivity contribution in [3.63, 3.8) is 0 Å². The largest absolute Gasteiger partial charge is 0.478 e. The molecule has 1 fully saturated rings. The number of carbonyl (C=O) groups excluding carboxylic acids is 1. The SMILES string of the molecule is O=C(O)/C=C/C=C(\NC(=O)C1CC1)C(=O)O. The molecular weight excluding hydrogens is 214 g/mol. The van der Waals surface area contributed by atoms with Crippen LogP contribution >= 0.6 is 0 Å². The molecule has 6 nitrogen and oxygen atoms in total. The highest BCUT2D eigenvalue weighted by atomic mass is 16.4. The van der Waals surface area contributed by atoms with Crippen LogP contribution in [0.15, 0.2) is 23.9 Å². The van der Waals surface area contributed by atoms with E-state index in [9.17, 15) is 14.4 Å². The third kappa shape index (κ3) is 3.95. The molecule has 1 aliphatic carbocycles. The average Bonchev–Trinajstić information content (AvgIpc) is 2.98. The first-order chi connectivity index (χ1) is 7.50. The van der Waals surface area contributed by atoms with Crippen LogP contribution in [-0.4, -0.2) is 28.1 Å². The number of carboxylic acid groups (broad SMARTS) is 2. The Hall–Kier alpha value is -2.11. The van der Waals surface area contributed by atoms with Crippen LogP contribution in [0.25, 0.3) is 0 Å². The summed E-state index contributed by atoms with van der Waals surface area (Å²) in [5.41, 5.74) is -0.325. The van der Waals surface area contributed by atoms with Crippen LogP contribution < -0.4 is 5.32 Å². The van der Waals surface area contributed by atoms with Crippen LogP contribution in [0, 0.1) is 5.92 Å². The minimum absolute atomic E-state index is 0.105. The molecule has 3 N–H and O–H groups in total. The Kier molecular flexibility index (Phi) is 3.82. The van der Waals surface area contributed by atoms with Crippen molar-refractivity contribution in [2.45, 2.75) is 12.8 Å². The Morgan fingerprint density at radius 1 is 1.19 bits per heavy atom. The molecule has 0 aromatic carbocycles. The standard InChI is InChI=1S/C10H11NO5/c12-8(13)3-1-2-7(10(15)16)11-9(14)6-4-5-6/h1-3,6H,4-5H2,(H,11,14)(H,12,13)(H,15,16)/b3-1+,7-2-. The minimum atomic E-state index is -1.30. The molecule has 1 amide bonds. The van der Waals surface area contributed by atoms with Gasteiger partial charge in [0.05, 0.1) is 0 Å². The van der Waals surface area contributed by atoms with Gasteiger partial charge in [0, 0.05) is 12.0 Å². The van der Waals surface area contributed by atoms with Gasteiger partial charge in [0.2, 0.25) is 5.91 Å². The van der Waals surface area contributed by atoms with Crippen molar-refractivity contribution in [3.05, 3.63) is 23.9 Å². The summed E-state index contributed by atoms with van der Waals surface area (Å²) in [5, 5.41) is 19.3. The van der Waals surface area contributed by atoms with E-state index in [-0.39, 0.29) is 17.5 Å². The second-order valence-electron chi connectivity index (χ2n) is 3.35. The monoisotopic (exact) mass is 225 g/mol. The highest BCUT2D eigenvalue weighted by Gasteiger charge is 2.30. The fourth-order valence-electron chi connectivity index (χ4n) is 0.973. The molecule has 0 bridgehead atoms. The van der Waals surface area contributed by atoms with Gasteiger partial charge >= 0.3 is 11.9 Å². The van der Waals surface area contributed by atoms with Gasteiger partial charge in [-0.05, 0) is 18.9 Å². The normalized spacial score (nSPS) is 16.1. The van der Waals surface area contributed by atoms with Crippen LogP contribution in [-0.2, 0) is 14.4 Å². The van der Waals surface area contributed by atoms with Gasteiger partial charge in [0.25, 0.3) is 0 Å². The van der Waals surface area contributed by atoms with Crippen molar-refractivity contribution in [1.29, 1.82) is 0 Å². The van der Waals surface area contributed by atoms with Gasteiger partial charge in [-0.15, -0.1) is 0 Å². The molecule has 86 valence electrons. The number of hydrogen-bond donors (Lipinski definition) is 3. The van der Waals surface area contributed by atoms with Crippen LogP contribution in [0.2, 0.25) is 0 Å². The predicted molar refractivity (Wildman–Crippen MR) is 53.4 cm³/mol. The summed E-state index contributed by atoms with van der Waals surface area (Å²) in [6.45, 7) is 0. The summed E-state index contributed by atoms with van der Waals surface area (Å²) in [4.78, 5) is 32.1. The number of carboxylic acids is 2. The van der Waals surface area contributed by atoms with E-state index >= 15 is 0 Å². The molecule has 0 heterocycles. The molecule has 0 unspecified atom stereocenters. The molecule has 1 aliphatic rings. The van der Waals surface area contributed by atoms with Crippen molar-refractivity contribution in [1.82, 2.24) is 5.32 Å². The number of amides is 1. The lowest BCUT2D eigenvalue weighted by molar-refractivity contribution is -0.135. The van der Waals surface area contributed by atoms with Crippen LogP contribution in [0.3, 0.4) is 0 Å². The number of hydrogen-bond acceptors (Lipinski definition) is 3. The van der Waals surface area contributed by atoms with Gasteiger partial charge in [-0.1, -0.05) is 6.08 Å². The topological polar surface area (TPSA) is 104 Å². The summed E-state index contributed by atoms with van der Waals surface area (Å²) in [5.74, 6) is -2.93. The Labute approximate surface area is 91.3 Å². The lowest BCUT2D eigenvalue weighted by atomic mass is 10.3. The number of aliphatic carboxylic acids is 2. The van der Waals surface area contributed by atoms with E-state index in [4.69, 9.17) is 10.2 Å². The third-order valence-electron chi connectivity index (χ3n) is 1.94. The van der Waals surface area contributed by atoms with E-state index in [2.05, 4.69) is 5.32 Å². The zero-order valence-corrected chi connectivity index (χ0v) is 8.34. The second kappa shape index (κ2) is 5.11. The predicted octanol–water partition coefficient (Wildman–Crippen LogP) is 0.122. The van der Waals surface area contributed by atoms with E-state index in [1.807, 2.05) is 0 Å². The van der Waals surface area contributed by atoms with Gasteiger partial charge in [0.15, 0.2) is 0 Å². The summed E-state index contributed by atoms with van der Waals surface area (Å²) < 4.78 is 0. The maximum atomic E-state index is 11.3. The van der Waals surface area contributed by atoms with E-state index in [1.165, 1.54) is 0 Å². The highest BCUT2D eigenvalue weighted by molar-refractivity contribution is 5.94. The fraction of sp³-hybridized carbons (Fsp3) is 0.300. The molecule has 0 radical (unpaired) electrons. The first-order valence-electron chi connectivity index (χ1n) is 4.66. The molecule has 0 aromatic heterocycles. The van der Waals surface area contributed by atoms with Crippen LogP contribution in [0.1, 0.15) is 12.8 Å². The van der Waals surface area contributed by atoms with Gasteiger partial charge in [0.1, 0.15) is 5.70 Å². The van der Waals surface area contributed by atoms with Gasteiger partial charge < -0.3 is 15.5 Å². The Morgan fingerprint density at radius 2 is 1.81 bits per heavy atom. The molecule has 1 rings (SSSR count). The third-order valence-corrected chi connectivity index (χ3v) is 1.94. The molecule has 1 saturated carbocycles. The molecule has 0 atom stereocenters. The molecule has 0 aromatic rings. The van der Waals surface area contributed by atoms with Crippen molar-refractivity contribution < 1.29 is 24.6 Å². The highest BCUT2D eigenvalue weighted by Crippen LogP contribution is 2.28. The van der Waals surface area contributed by atoms with Crippen molar-refractivity contribution in [3.8, 4) is 0 Å². The maximum Gasteiger partial charge on any atom is 0.352 e. The Bertz CT molecular complexity index is 379. The Morgan fingerprint density at radius 3 is 2.25 bits per heavy atom. The second-order valence-corrected chi connectivity index (χ2v) is 3.35. The summed E-state index contributed by atoms with van der Waals surface area (Å²) in [6.07, 6.45) is 4.41. The van der Waals surface area contributed by atoms with Gasteiger partial charge in [-0.3, -0.25) is 4.79 Å². The van der Waals surface area contributed by atoms with Crippen molar-refractivity contribution >= 4 is 17.8 Å². The smallest absolute Gasteiger partial charge is 0.352 e. The zero-order chi connectivity index (χ0) is 12.1. The van der Waals surface area contributed by atoms with E-state index in [1.54, 1.807) is 0 Å². The minimum Gasteiger partial charge on any atom is -0.478 e. The number of allylic oxidation sites excluding steroid dienone is 2. The molecule has 0 aliphatic heterocycles. The van der Waals surface area contributed by atoms with E-state index in [0.29, 0.717) is 0 Å². The lowest BCUT2D eigenvalue weighted by Gasteiger charge is -2.03. The summed E-state index contributed by atoms with van der Waals surface area (Å²) >= 11 is 0. The van der Waals surface area contributed by atoms with Crippen LogP contribution in [0.5, 0.6) is 0 Å². The summed E-state index contributed by atoms with van der Waals surface area (Å²) in [6, 6.07) is 0. The molecule has 6 heteroatoms. The van der Waals surface area contributed by atoms with Crippen molar-refractivity contribution in [2.75, 3.05) is 0 Å². The first kappa shape index (κ1) is 12.0. The van der Waals surface area contributed by atoms with Gasteiger partial charge in [-0.2, -0.15) is 0 Å². The first-order valence-corrected chi connectivity index (χ1v) is 4.66. The quantitative estimate of drug-likeness (QED) is 0.455. The summed E-state index contributed by atoms with van der Waals surface area (Å²) in [7, 11) is 0. The Balaban J connectivity index is 2.62. The number of carbonyl (C=O) groups is 3. The number of rotatable bonds is 5. The fourth-order valence-corrected chi connectivity index (χ4v) is 0.973. The maximum absolute atomic E-state index is 11.3. The average molecular weight is 225 g/mol. The number of nitrogens with one attached hydrogen (secondary N) is 1.